The summed E-state index contributed by atoms with van der Waals surface area (Å²) in [5.74, 6) is -0.0331. The molecule has 2 atom stereocenters. The van der Waals surface area contributed by atoms with Crippen molar-refractivity contribution in [2.24, 2.45) is 0 Å². The lowest BCUT2D eigenvalue weighted by Gasteiger charge is -2.27. The van der Waals surface area contributed by atoms with E-state index in [1.807, 2.05) is 29.2 Å². The van der Waals surface area contributed by atoms with Gasteiger partial charge in [-0.15, -0.1) is 0 Å². The molecule has 1 saturated heterocycles. The van der Waals surface area contributed by atoms with Crippen molar-refractivity contribution in [2.45, 2.75) is 12.1 Å². The van der Waals surface area contributed by atoms with Crippen molar-refractivity contribution in [1.82, 2.24) is 10.3 Å². The molecule has 1 amide bonds. The Bertz CT molecular complexity index is 1610. The molecule has 5 rings (SSSR count). The highest BCUT2D eigenvalue weighted by Crippen LogP contribution is 2.44. The summed E-state index contributed by atoms with van der Waals surface area (Å²) >= 11 is 12.2. The second-order valence-electron chi connectivity index (χ2n) is 9.06. The van der Waals surface area contributed by atoms with Gasteiger partial charge in [0.05, 0.1) is 35.1 Å². The van der Waals surface area contributed by atoms with Crippen molar-refractivity contribution in [3.8, 4) is 17.1 Å². The summed E-state index contributed by atoms with van der Waals surface area (Å²) in [4.78, 5) is 30.3. The van der Waals surface area contributed by atoms with Crippen LogP contribution in [0.4, 0.5) is 11.4 Å². The molecule has 0 saturated carbocycles. The van der Waals surface area contributed by atoms with E-state index in [4.69, 9.17) is 37.7 Å². The molecule has 1 aliphatic rings. The number of nitrogens with zero attached hydrogens (tertiary/aromatic N) is 2. The Balaban J connectivity index is 1.60. The van der Waals surface area contributed by atoms with Crippen molar-refractivity contribution >= 4 is 52.2 Å². The molecule has 41 heavy (non-hydrogen) atoms. The molecular formula is C29H25ClN4O6S. The minimum atomic E-state index is -1.07. The first-order chi connectivity index (χ1) is 19.8. The third-order valence-electron chi connectivity index (χ3n) is 6.51. The van der Waals surface area contributed by atoms with E-state index >= 15 is 0 Å². The average Bonchev–Trinajstić information content (AvgIpc) is 3.58. The van der Waals surface area contributed by atoms with Gasteiger partial charge >= 0.3 is 5.97 Å². The molecule has 0 spiro atoms. The molecule has 12 heteroatoms. The van der Waals surface area contributed by atoms with Crippen molar-refractivity contribution in [3.05, 3.63) is 95.0 Å². The molecule has 1 fully saturated rings. The van der Waals surface area contributed by atoms with E-state index < -0.39 is 18.1 Å². The molecule has 2 aromatic carbocycles. The standard InChI is InChI=1S/C29H25ClN4O6S/c1-38-15-25(35)32-21-14-17(7-9-23(21)39-2)34-27(26(33-29(34)41)20-5-3-4-12-31-20)24-11-10-22(40-24)18-13-16(28(36)37)6-8-19(18)30/h3-14,26-27H,15H2,1-2H3,(H,32,35)(H,33,41)(H,36,37)/t26-,27+/m1/s1. The maximum Gasteiger partial charge on any atom is 0.335 e. The zero-order chi connectivity index (χ0) is 29.1. The van der Waals surface area contributed by atoms with Crippen molar-refractivity contribution < 1.29 is 28.6 Å². The molecule has 10 nitrogen and oxygen atoms in total. The Morgan fingerprint density at radius 3 is 2.68 bits per heavy atom. The van der Waals surface area contributed by atoms with Crippen LogP contribution in [0.15, 0.2) is 77.3 Å². The number of hydrogen-bond donors (Lipinski definition) is 3. The number of furan rings is 1. The van der Waals surface area contributed by atoms with Crippen molar-refractivity contribution in [2.75, 3.05) is 31.0 Å². The van der Waals surface area contributed by atoms with E-state index in [0.29, 0.717) is 44.3 Å². The minimum Gasteiger partial charge on any atom is -0.495 e. The van der Waals surface area contributed by atoms with Gasteiger partial charge in [-0.2, -0.15) is 0 Å². The van der Waals surface area contributed by atoms with Gasteiger partial charge in [0.25, 0.3) is 0 Å². The van der Waals surface area contributed by atoms with Crippen molar-refractivity contribution in [3.63, 3.8) is 0 Å². The fraction of sp³-hybridized carbons (Fsp3) is 0.172. The van der Waals surface area contributed by atoms with E-state index in [1.165, 1.54) is 32.4 Å². The number of methoxy groups -OCH3 is 2. The van der Waals surface area contributed by atoms with Gasteiger partial charge in [0.2, 0.25) is 5.91 Å². The van der Waals surface area contributed by atoms with Crippen LogP contribution in [0.25, 0.3) is 11.3 Å². The van der Waals surface area contributed by atoms with Gasteiger partial charge in [-0.05, 0) is 72.9 Å². The van der Waals surface area contributed by atoms with E-state index in [9.17, 15) is 14.7 Å². The Morgan fingerprint density at radius 1 is 1.15 bits per heavy atom. The number of aromatic carboxylic acids is 1. The number of pyridine rings is 1. The molecule has 1 aliphatic heterocycles. The van der Waals surface area contributed by atoms with E-state index in [0.717, 1.165) is 5.69 Å². The molecule has 3 heterocycles. The predicted molar refractivity (Wildman–Crippen MR) is 158 cm³/mol. The number of amides is 1. The van der Waals surface area contributed by atoms with Crippen LogP contribution < -0.4 is 20.3 Å². The molecule has 0 unspecified atom stereocenters. The lowest BCUT2D eigenvalue weighted by Crippen LogP contribution is -2.29. The summed E-state index contributed by atoms with van der Waals surface area (Å²) in [5, 5.41) is 16.4. The van der Waals surface area contributed by atoms with Crippen LogP contribution in [-0.2, 0) is 9.53 Å². The first-order valence-corrected chi connectivity index (χ1v) is 13.2. The highest BCUT2D eigenvalue weighted by Gasteiger charge is 2.43. The monoisotopic (exact) mass is 592 g/mol. The lowest BCUT2D eigenvalue weighted by atomic mass is 10.0. The van der Waals surface area contributed by atoms with Crippen molar-refractivity contribution in [1.29, 1.82) is 0 Å². The van der Waals surface area contributed by atoms with Crippen LogP contribution in [0, 0.1) is 0 Å². The molecule has 3 N–H and O–H groups in total. The largest absolute Gasteiger partial charge is 0.495 e. The Hall–Kier alpha value is -4.45. The number of benzene rings is 2. The van der Waals surface area contributed by atoms with Crippen LogP contribution in [0.5, 0.6) is 5.75 Å². The molecule has 2 aromatic heterocycles. The Kier molecular flexibility index (Phi) is 8.20. The normalized spacial score (nSPS) is 16.4. The number of rotatable bonds is 9. The van der Waals surface area contributed by atoms with Crippen LogP contribution in [-0.4, -0.2) is 47.9 Å². The van der Waals surface area contributed by atoms with Gasteiger partial charge in [-0.25, -0.2) is 4.79 Å². The number of hydrogen-bond acceptors (Lipinski definition) is 7. The first-order valence-electron chi connectivity index (χ1n) is 12.4. The van der Waals surface area contributed by atoms with E-state index in [1.54, 1.807) is 30.5 Å². The average molecular weight is 593 g/mol. The maximum atomic E-state index is 12.3. The Labute approximate surface area is 245 Å². The molecule has 0 bridgehead atoms. The topological polar surface area (TPSA) is 126 Å². The third-order valence-corrected chi connectivity index (χ3v) is 7.15. The second-order valence-corrected chi connectivity index (χ2v) is 9.86. The number of carbonyl (C=O) groups excluding carboxylic acids is 1. The number of carboxylic acid groups (broad SMARTS) is 1. The molecule has 4 aromatic rings. The summed E-state index contributed by atoms with van der Waals surface area (Å²) < 4.78 is 16.7. The van der Waals surface area contributed by atoms with Gasteiger partial charge in [0, 0.05) is 24.6 Å². The summed E-state index contributed by atoms with van der Waals surface area (Å²) in [5.41, 5.74) is 2.35. The van der Waals surface area contributed by atoms with Crippen LogP contribution in [0.3, 0.4) is 0 Å². The number of anilines is 2. The predicted octanol–water partition coefficient (Wildman–Crippen LogP) is 5.46. The summed E-state index contributed by atoms with van der Waals surface area (Å²) in [6.07, 6.45) is 1.70. The van der Waals surface area contributed by atoms with Gasteiger partial charge < -0.3 is 34.5 Å². The fourth-order valence-electron chi connectivity index (χ4n) is 4.69. The minimum absolute atomic E-state index is 0.0836. The molecule has 210 valence electrons. The maximum absolute atomic E-state index is 12.3. The van der Waals surface area contributed by atoms with Gasteiger partial charge in [0.1, 0.15) is 29.9 Å². The molecule has 0 radical (unpaired) electrons. The summed E-state index contributed by atoms with van der Waals surface area (Å²) in [6.45, 7) is -0.123. The highest BCUT2D eigenvalue weighted by atomic mass is 35.5. The number of ether oxygens (including phenoxy) is 2. The van der Waals surface area contributed by atoms with E-state index in [-0.39, 0.29) is 18.1 Å². The zero-order valence-electron chi connectivity index (χ0n) is 22.0. The molecular weight excluding hydrogens is 568 g/mol. The SMILES string of the molecule is COCC(=O)Nc1cc(N2C(=S)N[C@H](c3ccccn3)[C@@H]2c2ccc(-c3cc(C(=O)O)ccc3Cl)o2)ccc1OC. The lowest BCUT2D eigenvalue weighted by molar-refractivity contribution is -0.119. The van der Waals surface area contributed by atoms with Crippen LogP contribution in [0.1, 0.15) is 33.9 Å². The van der Waals surface area contributed by atoms with Gasteiger partial charge in [-0.3, -0.25) is 9.78 Å². The smallest absolute Gasteiger partial charge is 0.335 e. The number of thiocarbonyl (C=S) groups is 1. The number of halogens is 1. The second kappa shape index (κ2) is 12.0. The quantitative estimate of drug-likeness (QED) is 0.216. The number of carbonyl (C=O) groups is 2. The first kappa shape index (κ1) is 28.1. The van der Waals surface area contributed by atoms with Gasteiger partial charge in [-0.1, -0.05) is 17.7 Å². The third kappa shape index (κ3) is 5.73. The Morgan fingerprint density at radius 2 is 1.98 bits per heavy atom. The van der Waals surface area contributed by atoms with Crippen LogP contribution in [0.2, 0.25) is 5.02 Å². The number of aromatic nitrogens is 1. The van der Waals surface area contributed by atoms with Crippen LogP contribution >= 0.6 is 23.8 Å². The zero-order valence-corrected chi connectivity index (χ0v) is 23.5. The highest BCUT2D eigenvalue weighted by molar-refractivity contribution is 7.80. The summed E-state index contributed by atoms with van der Waals surface area (Å²) in [6, 6.07) is 18.0. The van der Waals surface area contributed by atoms with E-state index in [2.05, 4.69) is 15.6 Å². The van der Waals surface area contributed by atoms with Gasteiger partial charge in [0.15, 0.2) is 5.11 Å². The number of carboxylic acids is 1. The summed E-state index contributed by atoms with van der Waals surface area (Å²) in [7, 11) is 2.95. The molecule has 0 aliphatic carbocycles. The fourth-order valence-corrected chi connectivity index (χ4v) is 5.24. The number of nitrogens with one attached hydrogen (secondary N) is 2.